The molecule has 0 aliphatic rings. The number of aromatic carboxylic acids is 1. The number of carbonyl (C=O) groups excluding carboxylic acids is 2. The zero-order valence-electron chi connectivity index (χ0n) is 14.5. The number of hydroxylamine groups is 2. The number of nitrogens with one attached hydrogen (secondary N) is 1. The number of nitrogens with zero attached hydrogens (tertiary/aromatic N) is 1. The number of anilines is 1. The van der Waals surface area contributed by atoms with Crippen LogP contribution in [0.1, 0.15) is 50.4 Å². The predicted molar refractivity (Wildman–Crippen MR) is 94.5 cm³/mol. The molecule has 0 fully saturated rings. The van der Waals surface area contributed by atoms with Gasteiger partial charge >= 0.3 is 5.97 Å². The molecule has 0 saturated carbocycles. The molecule has 0 aromatic heterocycles. The number of hydrogen-bond donors (Lipinski definition) is 2. The highest BCUT2D eigenvalue weighted by Crippen LogP contribution is 2.23. The van der Waals surface area contributed by atoms with Crippen molar-refractivity contribution in [3.05, 3.63) is 28.8 Å². The quantitative estimate of drug-likeness (QED) is 0.395. The SMILES string of the molecule is CC(C)(C)ON(C=O)CCCCC(=O)Nc1cc(C(=O)O)ccc1Cl. The first-order valence-electron chi connectivity index (χ1n) is 7.86. The van der Waals surface area contributed by atoms with E-state index in [9.17, 15) is 14.4 Å². The molecule has 0 saturated heterocycles. The molecule has 0 radical (unpaired) electrons. The molecule has 0 unspecified atom stereocenters. The van der Waals surface area contributed by atoms with E-state index in [-0.39, 0.29) is 28.6 Å². The maximum absolute atomic E-state index is 12.0. The fraction of sp³-hybridized carbons (Fsp3) is 0.471. The lowest BCUT2D eigenvalue weighted by Crippen LogP contribution is -2.33. The topological polar surface area (TPSA) is 95.9 Å². The Labute approximate surface area is 151 Å². The lowest BCUT2D eigenvalue weighted by molar-refractivity contribution is -0.216. The van der Waals surface area contributed by atoms with E-state index < -0.39 is 11.6 Å². The van der Waals surface area contributed by atoms with Crippen LogP contribution in [0.4, 0.5) is 5.69 Å². The lowest BCUT2D eigenvalue weighted by Gasteiger charge is -2.26. The average molecular weight is 371 g/mol. The van der Waals surface area contributed by atoms with Crippen LogP contribution in [0.3, 0.4) is 0 Å². The minimum Gasteiger partial charge on any atom is -0.478 e. The Balaban J connectivity index is 2.44. The summed E-state index contributed by atoms with van der Waals surface area (Å²) in [7, 11) is 0. The van der Waals surface area contributed by atoms with Gasteiger partial charge in [-0.1, -0.05) is 11.6 Å². The van der Waals surface area contributed by atoms with E-state index in [1.807, 2.05) is 20.8 Å². The first kappa shape index (κ1) is 20.9. The Morgan fingerprint density at radius 2 is 2.00 bits per heavy atom. The number of amides is 2. The van der Waals surface area contributed by atoms with Crippen LogP contribution in [0.25, 0.3) is 0 Å². The van der Waals surface area contributed by atoms with Crippen LogP contribution in [-0.2, 0) is 14.4 Å². The van der Waals surface area contributed by atoms with Gasteiger partial charge in [-0.3, -0.25) is 14.4 Å². The Morgan fingerprint density at radius 3 is 2.56 bits per heavy atom. The highest BCUT2D eigenvalue weighted by Gasteiger charge is 2.16. The zero-order valence-corrected chi connectivity index (χ0v) is 15.3. The number of benzene rings is 1. The van der Waals surface area contributed by atoms with E-state index in [4.69, 9.17) is 21.5 Å². The Hall–Kier alpha value is -2.12. The zero-order chi connectivity index (χ0) is 19.0. The molecule has 138 valence electrons. The number of carboxylic acid groups (broad SMARTS) is 1. The molecule has 0 spiro atoms. The van der Waals surface area contributed by atoms with Crippen LogP contribution in [-0.4, -0.2) is 40.6 Å². The van der Waals surface area contributed by atoms with Gasteiger partial charge in [0.15, 0.2) is 0 Å². The summed E-state index contributed by atoms with van der Waals surface area (Å²) in [5, 5.41) is 13.0. The molecular formula is C17H23ClN2O5. The summed E-state index contributed by atoms with van der Waals surface area (Å²) in [6.45, 7) is 5.90. The minimum atomic E-state index is -1.10. The van der Waals surface area contributed by atoms with Crippen molar-refractivity contribution in [2.75, 3.05) is 11.9 Å². The van der Waals surface area contributed by atoms with Gasteiger partial charge in [0, 0.05) is 13.0 Å². The van der Waals surface area contributed by atoms with Crippen molar-refractivity contribution in [2.45, 2.75) is 45.6 Å². The van der Waals surface area contributed by atoms with Gasteiger partial charge in [-0.05, 0) is 51.8 Å². The Kier molecular flexibility index (Phi) is 7.86. The molecule has 1 aromatic carbocycles. The number of halogens is 1. The smallest absolute Gasteiger partial charge is 0.335 e. The second-order valence-corrected chi connectivity index (χ2v) is 6.86. The van der Waals surface area contributed by atoms with Crippen LogP contribution >= 0.6 is 11.6 Å². The third kappa shape index (κ3) is 8.00. The van der Waals surface area contributed by atoms with E-state index in [0.29, 0.717) is 25.8 Å². The van der Waals surface area contributed by atoms with Gasteiger partial charge in [0.1, 0.15) is 0 Å². The van der Waals surface area contributed by atoms with Crippen molar-refractivity contribution in [2.24, 2.45) is 0 Å². The van der Waals surface area contributed by atoms with Gasteiger partial charge < -0.3 is 10.4 Å². The Bertz CT molecular complexity index is 628. The van der Waals surface area contributed by atoms with Gasteiger partial charge in [0.05, 0.1) is 21.9 Å². The molecule has 1 rings (SSSR count). The second kappa shape index (κ2) is 9.39. The predicted octanol–water partition coefficient (Wildman–Crippen LogP) is 3.34. The molecule has 8 heteroatoms. The summed E-state index contributed by atoms with van der Waals surface area (Å²) >= 11 is 5.96. The van der Waals surface area contributed by atoms with Gasteiger partial charge in [-0.25, -0.2) is 9.86 Å². The number of unbranched alkanes of at least 4 members (excludes halogenated alkanes) is 1. The second-order valence-electron chi connectivity index (χ2n) is 6.45. The third-order valence-corrected chi connectivity index (χ3v) is 3.36. The molecule has 0 atom stereocenters. The van der Waals surface area contributed by atoms with Crippen molar-refractivity contribution >= 4 is 35.6 Å². The van der Waals surface area contributed by atoms with E-state index in [0.717, 1.165) is 0 Å². The van der Waals surface area contributed by atoms with Crippen LogP contribution in [0, 0.1) is 0 Å². The van der Waals surface area contributed by atoms with E-state index >= 15 is 0 Å². The van der Waals surface area contributed by atoms with Crippen molar-refractivity contribution in [3.63, 3.8) is 0 Å². The molecule has 25 heavy (non-hydrogen) atoms. The van der Waals surface area contributed by atoms with Crippen LogP contribution < -0.4 is 5.32 Å². The summed E-state index contributed by atoms with van der Waals surface area (Å²) in [5.41, 5.74) is -0.165. The molecule has 1 aromatic rings. The number of rotatable bonds is 9. The van der Waals surface area contributed by atoms with Gasteiger partial charge in [0.25, 0.3) is 0 Å². The molecule has 0 aliphatic heterocycles. The van der Waals surface area contributed by atoms with Gasteiger partial charge in [-0.2, -0.15) is 0 Å². The molecule has 2 amide bonds. The highest BCUT2D eigenvalue weighted by atomic mass is 35.5. The Morgan fingerprint density at radius 1 is 1.32 bits per heavy atom. The molecule has 0 aliphatic carbocycles. The van der Waals surface area contributed by atoms with Crippen molar-refractivity contribution in [1.29, 1.82) is 0 Å². The van der Waals surface area contributed by atoms with E-state index in [1.165, 1.54) is 23.3 Å². The molecule has 2 N–H and O–H groups in total. The average Bonchev–Trinajstić information content (AvgIpc) is 2.51. The van der Waals surface area contributed by atoms with Crippen LogP contribution in [0.5, 0.6) is 0 Å². The van der Waals surface area contributed by atoms with Crippen molar-refractivity contribution in [3.8, 4) is 0 Å². The fourth-order valence-corrected chi connectivity index (χ4v) is 2.16. The van der Waals surface area contributed by atoms with E-state index in [2.05, 4.69) is 5.32 Å². The lowest BCUT2D eigenvalue weighted by atomic mass is 10.2. The minimum absolute atomic E-state index is 0.0423. The molecule has 7 nitrogen and oxygen atoms in total. The molecular weight excluding hydrogens is 348 g/mol. The largest absolute Gasteiger partial charge is 0.478 e. The number of hydrogen-bond acceptors (Lipinski definition) is 4. The van der Waals surface area contributed by atoms with Crippen molar-refractivity contribution < 1.29 is 24.3 Å². The van der Waals surface area contributed by atoms with Gasteiger partial charge in [0.2, 0.25) is 12.3 Å². The first-order chi connectivity index (χ1) is 11.6. The number of carbonyl (C=O) groups is 3. The fourth-order valence-electron chi connectivity index (χ4n) is 1.99. The van der Waals surface area contributed by atoms with E-state index in [1.54, 1.807) is 0 Å². The molecule has 0 heterocycles. The maximum atomic E-state index is 12.0. The first-order valence-corrected chi connectivity index (χ1v) is 8.24. The standard InChI is InChI=1S/C17H23ClN2O5/c1-17(2,3)25-20(11-21)9-5-4-6-15(22)19-14-10-12(16(23)24)7-8-13(14)18/h7-8,10-11H,4-6,9H2,1-3H3,(H,19,22)(H,23,24). The van der Waals surface area contributed by atoms with Crippen molar-refractivity contribution in [1.82, 2.24) is 5.06 Å². The summed E-state index contributed by atoms with van der Waals surface area (Å²) in [6.07, 6.45) is 1.96. The van der Waals surface area contributed by atoms with Gasteiger partial charge in [-0.15, -0.1) is 0 Å². The summed E-state index contributed by atoms with van der Waals surface area (Å²) in [4.78, 5) is 39.3. The summed E-state index contributed by atoms with van der Waals surface area (Å²) < 4.78 is 0. The third-order valence-electron chi connectivity index (χ3n) is 3.03. The summed E-state index contributed by atoms with van der Waals surface area (Å²) in [5.74, 6) is -1.38. The summed E-state index contributed by atoms with van der Waals surface area (Å²) in [6, 6.07) is 4.10. The number of carboxylic acids is 1. The molecule has 0 bridgehead atoms. The monoisotopic (exact) mass is 370 g/mol. The maximum Gasteiger partial charge on any atom is 0.335 e. The highest BCUT2D eigenvalue weighted by molar-refractivity contribution is 6.33. The van der Waals surface area contributed by atoms with Crippen LogP contribution in [0.15, 0.2) is 18.2 Å². The normalized spacial score (nSPS) is 11.0. The van der Waals surface area contributed by atoms with Crippen LogP contribution in [0.2, 0.25) is 5.02 Å².